The molecule has 1 aliphatic carbocycles. The molecule has 0 aliphatic heterocycles. The van der Waals surface area contributed by atoms with Crippen LogP contribution in [-0.2, 0) is 24.1 Å². The predicted octanol–water partition coefficient (Wildman–Crippen LogP) is 5.23. The van der Waals surface area contributed by atoms with Crippen molar-refractivity contribution in [1.82, 2.24) is 5.32 Å². The molecule has 3 aromatic carbocycles. The van der Waals surface area contributed by atoms with Crippen molar-refractivity contribution in [2.75, 3.05) is 6.54 Å². The molecule has 0 spiro atoms. The maximum atomic E-state index is 12.4. The van der Waals surface area contributed by atoms with Gasteiger partial charge in [0.1, 0.15) is 5.75 Å². The summed E-state index contributed by atoms with van der Waals surface area (Å²) in [6.45, 7) is 2.47. The quantitative estimate of drug-likeness (QED) is 0.564. The van der Waals surface area contributed by atoms with Gasteiger partial charge in [-0.05, 0) is 85.0 Å². The van der Waals surface area contributed by atoms with Gasteiger partial charge in [-0.2, -0.15) is 0 Å². The van der Waals surface area contributed by atoms with Crippen LogP contribution in [0.5, 0.6) is 5.75 Å². The van der Waals surface area contributed by atoms with E-state index in [4.69, 9.17) is 4.74 Å². The van der Waals surface area contributed by atoms with Gasteiger partial charge in [0.25, 0.3) is 5.91 Å². The van der Waals surface area contributed by atoms with Crippen LogP contribution in [0.3, 0.4) is 0 Å². The molecule has 0 aromatic heterocycles. The van der Waals surface area contributed by atoms with Crippen molar-refractivity contribution in [3.63, 3.8) is 0 Å². The van der Waals surface area contributed by atoms with E-state index in [0.29, 0.717) is 6.54 Å². The number of hydrogen-bond acceptors (Lipinski definition) is 2. The summed E-state index contributed by atoms with van der Waals surface area (Å²) in [5.41, 5.74) is 4.13. The van der Waals surface area contributed by atoms with Crippen molar-refractivity contribution in [1.29, 1.82) is 0 Å². The molecule has 29 heavy (non-hydrogen) atoms. The van der Waals surface area contributed by atoms with Crippen LogP contribution in [0.1, 0.15) is 42.9 Å². The Morgan fingerprint density at radius 2 is 1.79 bits per heavy atom. The summed E-state index contributed by atoms with van der Waals surface area (Å²) in [6, 6.07) is 21.1. The average molecular weight is 388 g/mol. The van der Waals surface area contributed by atoms with Gasteiger partial charge in [-0.1, -0.05) is 48.5 Å². The Morgan fingerprint density at radius 3 is 2.69 bits per heavy atom. The van der Waals surface area contributed by atoms with Crippen LogP contribution in [0, 0.1) is 0 Å². The fourth-order valence-electron chi connectivity index (χ4n) is 4.19. The van der Waals surface area contributed by atoms with Gasteiger partial charge in [0, 0.05) is 6.54 Å². The minimum absolute atomic E-state index is 0.0550. The molecule has 3 nitrogen and oxygen atoms in total. The summed E-state index contributed by atoms with van der Waals surface area (Å²) in [5, 5.41) is 5.58. The number of ether oxygens (including phenoxy) is 1. The minimum atomic E-state index is -0.491. The second-order valence-corrected chi connectivity index (χ2v) is 7.93. The van der Waals surface area contributed by atoms with E-state index >= 15 is 0 Å². The number of nitrogens with one attached hydrogen (secondary N) is 1. The molecular weight excluding hydrogens is 358 g/mol. The topological polar surface area (TPSA) is 38.3 Å². The van der Waals surface area contributed by atoms with Crippen LogP contribution in [0.25, 0.3) is 10.8 Å². The van der Waals surface area contributed by atoms with Gasteiger partial charge in [-0.15, -0.1) is 0 Å². The highest BCUT2D eigenvalue weighted by Gasteiger charge is 2.16. The normalized spacial score (nSPS) is 14.2. The maximum Gasteiger partial charge on any atom is 0.260 e. The van der Waals surface area contributed by atoms with Crippen LogP contribution in [0.2, 0.25) is 0 Å². The lowest BCUT2D eigenvalue weighted by Gasteiger charge is -2.19. The largest absolute Gasteiger partial charge is 0.481 e. The van der Waals surface area contributed by atoms with Crippen LogP contribution in [-0.4, -0.2) is 18.6 Å². The third-order valence-corrected chi connectivity index (χ3v) is 5.80. The van der Waals surface area contributed by atoms with E-state index in [9.17, 15) is 4.79 Å². The van der Waals surface area contributed by atoms with Gasteiger partial charge < -0.3 is 10.1 Å². The Kier molecular flexibility index (Phi) is 6.14. The molecule has 4 rings (SSSR count). The predicted molar refractivity (Wildman–Crippen MR) is 118 cm³/mol. The second-order valence-electron chi connectivity index (χ2n) is 7.93. The number of carbonyl (C=O) groups excluding carboxylic acids is 1. The lowest BCUT2D eigenvalue weighted by molar-refractivity contribution is -0.127. The van der Waals surface area contributed by atoms with Crippen molar-refractivity contribution in [3.05, 3.63) is 77.4 Å². The lowest BCUT2D eigenvalue weighted by atomic mass is 9.92. The third kappa shape index (κ3) is 4.79. The van der Waals surface area contributed by atoms with Gasteiger partial charge in [0.2, 0.25) is 0 Å². The van der Waals surface area contributed by atoms with E-state index in [0.717, 1.165) is 31.4 Å². The molecule has 3 heteroatoms. The molecule has 0 saturated carbocycles. The third-order valence-electron chi connectivity index (χ3n) is 5.80. The van der Waals surface area contributed by atoms with Crippen LogP contribution in [0.15, 0.2) is 60.7 Å². The van der Waals surface area contributed by atoms with Crippen LogP contribution >= 0.6 is 0 Å². The van der Waals surface area contributed by atoms with Crippen molar-refractivity contribution < 1.29 is 9.53 Å². The molecule has 0 fully saturated rings. The molecule has 1 N–H and O–H groups in total. The highest BCUT2D eigenvalue weighted by atomic mass is 16.5. The second kappa shape index (κ2) is 9.13. The molecule has 0 radical (unpaired) electrons. The summed E-state index contributed by atoms with van der Waals surface area (Å²) in [6.07, 6.45) is 6.14. The van der Waals surface area contributed by atoms with Crippen molar-refractivity contribution in [2.45, 2.75) is 51.6 Å². The monoisotopic (exact) mass is 387 g/mol. The van der Waals surface area contributed by atoms with E-state index < -0.39 is 6.10 Å². The Hall–Kier alpha value is -2.81. The van der Waals surface area contributed by atoms with Crippen molar-refractivity contribution in [3.8, 4) is 5.75 Å². The van der Waals surface area contributed by atoms with Crippen molar-refractivity contribution >= 4 is 16.7 Å². The number of fused-ring (bicyclic) bond motifs is 2. The Bertz CT molecular complexity index is 990. The van der Waals surface area contributed by atoms with E-state index in [2.05, 4.69) is 59.9 Å². The van der Waals surface area contributed by atoms with Gasteiger partial charge in [-0.25, -0.2) is 0 Å². The minimum Gasteiger partial charge on any atom is -0.481 e. The summed E-state index contributed by atoms with van der Waals surface area (Å²) >= 11 is 0. The molecule has 0 bridgehead atoms. The summed E-state index contributed by atoms with van der Waals surface area (Å²) in [5.74, 6) is 0.740. The maximum absolute atomic E-state index is 12.4. The first-order valence-electron chi connectivity index (χ1n) is 10.7. The number of aryl methyl sites for hydroxylation is 3. The Morgan fingerprint density at radius 1 is 1.00 bits per heavy atom. The molecule has 3 aromatic rings. The summed E-state index contributed by atoms with van der Waals surface area (Å²) in [7, 11) is 0. The molecule has 0 saturated heterocycles. The molecule has 1 unspecified atom stereocenters. The molecular formula is C26H29NO2. The SMILES string of the molecule is CC(Oc1ccc2c(c1)CCCC2)C(=O)NCCCc1cccc2ccccc12. The summed E-state index contributed by atoms with van der Waals surface area (Å²) in [4.78, 5) is 12.4. The standard InChI is InChI=1S/C26H29NO2/c1-19(29-24-16-15-20-8-2-3-10-23(20)18-24)26(28)27-17-7-13-22-12-6-11-21-9-4-5-14-25(21)22/h4-6,9,11-12,14-16,18-19H,2-3,7-8,10,13,17H2,1H3,(H,27,28). The molecule has 150 valence electrons. The highest BCUT2D eigenvalue weighted by Crippen LogP contribution is 2.26. The summed E-state index contributed by atoms with van der Waals surface area (Å²) < 4.78 is 5.90. The van der Waals surface area contributed by atoms with E-state index in [1.165, 1.54) is 40.3 Å². The smallest absolute Gasteiger partial charge is 0.260 e. The first-order chi connectivity index (χ1) is 14.2. The van der Waals surface area contributed by atoms with Crippen molar-refractivity contribution in [2.24, 2.45) is 0 Å². The van der Waals surface area contributed by atoms with E-state index in [1.54, 1.807) is 0 Å². The number of hydrogen-bond donors (Lipinski definition) is 1. The number of carbonyl (C=O) groups is 1. The highest BCUT2D eigenvalue weighted by molar-refractivity contribution is 5.85. The van der Waals surface area contributed by atoms with Crippen LogP contribution < -0.4 is 10.1 Å². The number of amides is 1. The first kappa shape index (κ1) is 19.5. The lowest BCUT2D eigenvalue weighted by Crippen LogP contribution is -2.37. The number of benzene rings is 3. The molecule has 1 aliphatic rings. The van der Waals surface area contributed by atoms with Gasteiger partial charge in [0.15, 0.2) is 6.10 Å². The fourth-order valence-corrected chi connectivity index (χ4v) is 4.19. The Balaban J connectivity index is 1.26. The zero-order valence-electron chi connectivity index (χ0n) is 17.1. The number of rotatable bonds is 7. The van der Waals surface area contributed by atoms with Gasteiger partial charge >= 0.3 is 0 Å². The van der Waals surface area contributed by atoms with E-state index in [-0.39, 0.29) is 5.91 Å². The first-order valence-corrected chi connectivity index (χ1v) is 10.7. The van der Waals surface area contributed by atoms with Gasteiger partial charge in [0.05, 0.1) is 0 Å². The van der Waals surface area contributed by atoms with E-state index in [1.807, 2.05) is 13.0 Å². The zero-order chi connectivity index (χ0) is 20.1. The molecule has 1 amide bonds. The Labute approximate surface area is 173 Å². The fraction of sp³-hybridized carbons (Fsp3) is 0.346. The molecule has 0 heterocycles. The zero-order valence-corrected chi connectivity index (χ0v) is 17.1. The average Bonchev–Trinajstić information content (AvgIpc) is 2.76. The molecule has 1 atom stereocenters. The van der Waals surface area contributed by atoms with Crippen LogP contribution in [0.4, 0.5) is 0 Å². The van der Waals surface area contributed by atoms with Gasteiger partial charge in [-0.3, -0.25) is 4.79 Å².